The van der Waals surface area contributed by atoms with Gasteiger partial charge in [-0.05, 0) is 11.6 Å². The van der Waals surface area contributed by atoms with Gasteiger partial charge < -0.3 is 0 Å². The van der Waals surface area contributed by atoms with Crippen LogP contribution < -0.4 is 0 Å². The summed E-state index contributed by atoms with van der Waals surface area (Å²) < 4.78 is 72.6. The molecule has 0 bridgehead atoms. The Morgan fingerprint density at radius 2 is 1.43 bits per heavy atom. The molecule has 0 saturated heterocycles. The third-order valence-corrected chi connectivity index (χ3v) is 1.45. The first-order valence-electron chi connectivity index (χ1n) is 2.80. The molecule has 0 unspecified atom stereocenters. The van der Waals surface area contributed by atoms with E-state index in [9.17, 15) is 35.9 Å². The molecule has 0 aliphatic heterocycles. The van der Waals surface area contributed by atoms with Crippen LogP contribution in [-0.4, -0.2) is 29.3 Å². The minimum atomic E-state index is -6.15. The largest absolute Gasteiger partial charge is 0.388 e. The predicted octanol–water partition coefficient (Wildman–Crippen LogP) is 1.86. The Hall–Kier alpha value is -0.790. The third kappa shape index (κ3) is 1.70. The van der Waals surface area contributed by atoms with Crippen molar-refractivity contribution in [2.24, 2.45) is 0 Å². The lowest BCUT2D eigenvalue weighted by Crippen LogP contribution is -2.57. The van der Waals surface area contributed by atoms with Crippen LogP contribution in [0.1, 0.15) is 0 Å². The summed E-state index contributed by atoms with van der Waals surface area (Å²) in [6, 6.07) is 0. The fourth-order valence-corrected chi connectivity index (χ4v) is 0.525. The standard InChI is InChI=1S/C5HClF6O2/c6-2(14)4(9,10)5(11,12)3(7,8)1-13/h1H. The van der Waals surface area contributed by atoms with Gasteiger partial charge in [-0.2, -0.15) is 26.3 Å². The maximum atomic E-state index is 12.2. The first kappa shape index (κ1) is 13.2. The predicted molar refractivity (Wildman–Crippen MR) is 31.8 cm³/mol. The van der Waals surface area contributed by atoms with E-state index in [1.807, 2.05) is 0 Å². The minimum absolute atomic E-state index is 1.68. The number of hydrogen-bond donors (Lipinski definition) is 0. The summed E-state index contributed by atoms with van der Waals surface area (Å²) in [7, 11) is 0. The summed E-state index contributed by atoms with van der Waals surface area (Å²) in [5.74, 6) is -17.6. The number of rotatable bonds is 4. The van der Waals surface area contributed by atoms with Crippen LogP contribution in [-0.2, 0) is 9.59 Å². The number of alkyl halides is 6. The zero-order valence-corrected chi connectivity index (χ0v) is 6.80. The van der Waals surface area contributed by atoms with Crippen LogP contribution in [0.25, 0.3) is 0 Å². The monoisotopic (exact) mass is 242 g/mol. The molecule has 0 fully saturated rings. The summed E-state index contributed by atoms with van der Waals surface area (Å²) in [6.45, 7) is 0. The Kier molecular flexibility index (Phi) is 3.22. The Morgan fingerprint density at radius 3 is 1.64 bits per heavy atom. The molecule has 0 aromatic carbocycles. The number of halogens is 7. The molecular weight excluding hydrogens is 241 g/mol. The van der Waals surface area contributed by atoms with Crippen molar-refractivity contribution in [3.05, 3.63) is 0 Å². The second kappa shape index (κ2) is 3.41. The Bertz CT molecular complexity index is 263. The third-order valence-electron chi connectivity index (χ3n) is 1.21. The van der Waals surface area contributed by atoms with Crippen molar-refractivity contribution in [2.75, 3.05) is 0 Å². The molecule has 0 aromatic heterocycles. The minimum Gasteiger partial charge on any atom is -0.296 e. The Labute approximate surface area is 77.8 Å². The van der Waals surface area contributed by atoms with Crippen LogP contribution in [0.15, 0.2) is 0 Å². The maximum absolute atomic E-state index is 12.2. The highest BCUT2D eigenvalue weighted by molar-refractivity contribution is 6.65. The van der Waals surface area contributed by atoms with Crippen LogP contribution in [0, 0.1) is 0 Å². The normalized spacial score (nSPS) is 13.9. The van der Waals surface area contributed by atoms with Gasteiger partial charge in [-0.1, -0.05) is 0 Å². The van der Waals surface area contributed by atoms with Gasteiger partial charge in [0.1, 0.15) is 0 Å². The Balaban J connectivity index is 5.35. The van der Waals surface area contributed by atoms with E-state index in [1.54, 1.807) is 0 Å². The van der Waals surface area contributed by atoms with Crippen LogP contribution >= 0.6 is 11.6 Å². The summed E-state index contributed by atoms with van der Waals surface area (Å²) >= 11 is 4.00. The second-order valence-corrected chi connectivity index (χ2v) is 2.51. The fourth-order valence-electron chi connectivity index (χ4n) is 0.407. The van der Waals surface area contributed by atoms with Crippen LogP contribution in [0.4, 0.5) is 26.3 Å². The highest BCUT2D eigenvalue weighted by Gasteiger charge is 2.74. The van der Waals surface area contributed by atoms with E-state index in [-0.39, 0.29) is 0 Å². The first-order chi connectivity index (χ1) is 6.00. The molecule has 0 heterocycles. The molecule has 82 valence electrons. The molecule has 9 heteroatoms. The van der Waals surface area contributed by atoms with Gasteiger partial charge in [-0.15, -0.1) is 0 Å². The molecule has 14 heavy (non-hydrogen) atoms. The number of hydrogen-bond acceptors (Lipinski definition) is 2. The number of carbonyl (C=O) groups excluding carboxylic acids is 2. The summed E-state index contributed by atoms with van der Waals surface area (Å²) in [4.78, 5) is 19.2. The summed E-state index contributed by atoms with van der Waals surface area (Å²) in [6.07, 6.45) is -1.68. The van der Waals surface area contributed by atoms with Crippen molar-refractivity contribution >= 4 is 23.1 Å². The molecule has 0 aromatic rings. The van der Waals surface area contributed by atoms with Crippen LogP contribution in [0.5, 0.6) is 0 Å². The molecule has 0 aliphatic carbocycles. The van der Waals surface area contributed by atoms with Gasteiger partial charge in [0.2, 0.25) is 0 Å². The lowest BCUT2D eigenvalue weighted by Gasteiger charge is -2.26. The number of aldehydes is 1. The zero-order valence-electron chi connectivity index (χ0n) is 6.04. The number of carbonyl (C=O) groups is 2. The van der Waals surface area contributed by atoms with E-state index in [0.29, 0.717) is 0 Å². The van der Waals surface area contributed by atoms with Gasteiger partial charge in [0.25, 0.3) is 5.24 Å². The molecule has 0 N–H and O–H groups in total. The van der Waals surface area contributed by atoms with Crippen molar-refractivity contribution in [1.29, 1.82) is 0 Å². The zero-order chi connectivity index (χ0) is 11.8. The fraction of sp³-hybridized carbons (Fsp3) is 0.600. The van der Waals surface area contributed by atoms with Crippen LogP contribution in [0.2, 0.25) is 0 Å². The van der Waals surface area contributed by atoms with E-state index < -0.39 is 29.3 Å². The first-order valence-corrected chi connectivity index (χ1v) is 3.18. The van der Waals surface area contributed by atoms with Crippen molar-refractivity contribution in [1.82, 2.24) is 0 Å². The molecule has 0 amide bonds. The van der Waals surface area contributed by atoms with Crippen LogP contribution in [0.3, 0.4) is 0 Å². The topological polar surface area (TPSA) is 34.1 Å². The van der Waals surface area contributed by atoms with Gasteiger partial charge in [0, 0.05) is 0 Å². The van der Waals surface area contributed by atoms with Gasteiger partial charge in [0.15, 0.2) is 6.29 Å². The van der Waals surface area contributed by atoms with E-state index in [1.165, 1.54) is 0 Å². The molecule has 2 nitrogen and oxygen atoms in total. The molecule has 0 atom stereocenters. The van der Waals surface area contributed by atoms with E-state index in [4.69, 9.17) is 0 Å². The molecule has 0 saturated carbocycles. The molecule has 0 rings (SSSR count). The average molecular weight is 243 g/mol. The van der Waals surface area contributed by atoms with E-state index in [2.05, 4.69) is 11.6 Å². The van der Waals surface area contributed by atoms with Crippen molar-refractivity contribution < 1.29 is 35.9 Å². The van der Waals surface area contributed by atoms with Gasteiger partial charge in [-0.25, -0.2) is 0 Å². The second-order valence-electron chi connectivity index (χ2n) is 2.16. The van der Waals surface area contributed by atoms with Gasteiger partial charge in [-0.3, -0.25) is 9.59 Å². The van der Waals surface area contributed by atoms with Gasteiger partial charge in [0.05, 0.1) is 0 Å². The average Bonchev–Trinajstić information content (AvgIpc) is 2.03. The maximum Gasteiger partial charge on any atom is 0.388 e. The summed E-state index contributed by atoms with van der Waals surface area (Å²) in [5, 5.41) is -2.97. The lowest BCUT2D eigenvalue weighted by atomic mass is 10.1. The van der Waals surface area contributed by atoms with Crippen molar-refractivity contribution in [3.63, 3.8) is 0 Å². The van der Waals surface area contributed by atoms with Gasteiger partial charge >= 0.3 is 17.8 Å². The van der Waals surface area contributed by atoms with Crippen molar-refractivity contribution in [2.45, 2.75) is 17.8 Å². The van der Waals surface area contributed by atoms with E-state index in [0.717, 1.165) is 0 Å². The molecule has 0 aliphatic rings. The lowest BCUT2D eigenvalue weighted by molar-refractivity contribution is -0.278. The summed E-state index contributed by atoms with van der Waals surface area (Å²) in [5.41, 5.74) is 0. The molecule has 0 radical (unpaired) electrons. The molecule has 0 spiro atoms. The quantitative estimate of drug-likeness (QED) is 0.428. The highest BCUT2D eigenvalue weighted by atomic mass is 35.5. The smallest absolute Gasteiger partial charge is 0.296 e. The van der Waals surface area contributed by atoms with E-state index >= 15 is 0 Å². The van der Waals surface area contributed by atoms with Crippen molar-refractivity contribution in [3.8, 4) is 0 Å². The highest BCUT2D eigenvalue weighted by Crippen LogP contribution is 2.45. The SMILES string of the molecule is O=CC(F)(F)C(F)(F)C(F)(F)C(=O)Cl. The molecular formula is C5HClF6O2. The Morgan fingerprint density at radius 1 is 1.07 bits per heavy atom.